The van der Waals surface area contributed by atoms with Crippen molar-refractivity contribution in [2.24, 2.45) is 0 Å². The van der Waals surface area contributed by atoms with Gasteiger partial charge in [-0.05, 0) is 37.0 Å². The molecule has 0 aliphatic rings. The van der Waals surface area contributed by atoms with Gasteiger partial charge in [0.1, 0.15) is 15.6 Å². The second kappa shape index (κ2) is 7.86. The van der Waals surface area contributed by atoms with Gasteiger partial charge >= 0.3 is 5.97 Å². The maximum Gasteiger partial charge on any atom is 0.347 e. The Morgan fingerprint density at radius 2 is 1.88 bits per heavy atom. The van der Waals surface area contributed by atoms with E-state index in [1.807, 2.05) is 24.3 Å². The Morgan fingerprint density at radius 3 is 2.38 bits per heavy atom. The zero-order chi connectivity index (χ0) is 19.5. The number of aromatic carboxylic acids is 1. The summed E-state index contributed by atoms with van der Waals surface area (Å²) in [6.45, 7) is 9.69. The Balaban J connectivity index is 1.90. The Labute approximate surface area is 157 Å². The zero-order valence-corrected chi connectivity index (χ0v) is 16.4. The van der Waals surface area contributed by atoms with Crippen molar-refractivity contribution in [1.29, 1.82) is 0 Å². The first-order valence-corrected chi connectivity index (χ1v) is 9.13. The molecule has 0 fully saturated rings. The summed E-state index contributed by atoms with van der Waals surface area (Å²) in [5, 5.41) is 12.4. The smallest absolute Gasteiger partial charge is 0.347 e. The van der Waals surface area contributed by atoms with Gasteiger partial charge in [0.05, 0.1) is 11.7 Å². The summed E-state index contributed by atoms with van der Waals surface area (Å²) in [5.74, 6) is -0.673. The molecule has 0 aliphatic heterocycles. The monoisotopic (exact) mass is 376 g/mol. The van der Waals surface area contributed by atoms with E-state index in [4.69, 9.17) is 9.84 Å². The van der Waals surface area contributed by atoms with Crippen molar-refractivity contribution >= 4 is 23.2 Å². The lowest BCUT2D eigenvalue weighted by molar-refractivity contribution is -0.123. The summed E-state index contributed by atoms with van der Waals surface area (Å²) >= 11 is 1.07. The quantitative estimate of drug-likeness (QED) is 0.802. The van der Waals surface area contributed by atoms with Crippen molar-refractivity contribution in [2.75, 3.05) is 6.61 Å². The lowest BCUT2D eigenvalue weighted by Gasteiger charge is -2.19. The molecule has 1 atom stereocenters. The summed E-state index contributed by atoms with van der Waals surface area (Å²) in [5.41, 5.74) is 1.71. The van der Waals surface area contributed by atoms with Crippen molar-refractivity contribution in [1.82, 2.24) is 10.3 Å². The number of carboxylic acid groups (broad SMARTS) is 1. The van der Waals surface area contributed by atoms with Crippen LogP contribution in [0.25, 0.3) is 0 Å². The number of benzene rings is 1. The van der Waals surface area contributed by atoms with Gasteiger partial charge in [-0.1, -0.05) is 32.9 Å². The first kappa shape index (κ1) is 19.9. The van der Waals surface area contributed by atoms with Crippen LogP contribution >= 0.6 is 11.3 Å². The molecule has 2 rings (SSSR count). The summed E-state index contributed by atoms with van der Waals surface area (Å²) in [6.07, 6.45) is 0. The maximum absolute atomic E-state index is 12.1. The predicted octanol–water partition coefficient (Wildman–Crippen LogP) is 3.70. The van der Waals surface area contributed by atoms with Gasteiger partial charge in [0.15, 0.2) is 6.61 Å². The highest BCUT2D eigenvalue weighted by Gasteiger charge is 2.19. The second-order valence-corrected chi connectivity index (χ2v) is 8.15. The van der Waals surface area contributed by atoms with Gasteiger partial charge in [-0.2, -0.15) is 0 Å². The van der Waals surface area contributed by atoms with Crippen LogP contribution in [0.3, 0.4) is 0 Å². The molecule has 2 aromatic rings. The number of hydrogen-bond acceptors (Lipinski definition) is 5. The molecule has 0 bridgehead atoms. The number of aromatic nitrogens is 1. The first-order chi connectivity index (χ1) is 12.1. The molecule has 7 heteroatoms. The van der Waals surface area contributed by atoms with E-state index >= 15 is 0 Å². The highest BCUT2D eigenvalue weighted by atomic mass is 32.1. The van der Waals surface area contributed by atoms with Crippen LogP contribution in [0.5, 0.6) is 5.75 Å². The summed E-state index contributed by atoms with van der Waals surface area (Å²) in [4.78, 5) is 27.6. The third-order valence-corrected chi connectivity index (χ3v) is 5.17. The fraction of sp³-hybridized carbons (Fsp3) is 0.421. The minimum Gasteiger partial charge on any atom is -0.484 e. The molecule has 6 nitrogen and oxygen atoms in total. The number of carbonyl (C=O) groups excluding carboxylic acids is 1. The highest BCUT2D eigenvalue weighted by molar-refractivity contribution is 7.13. The lowest BCUT2D eigenvalue weighted by atomic mass is 9.87. The Bertz CT molecular complexity index is 791. The fourth-order valence-electron chi connectivity index (χ4n) is 2.35. The average molecular weight is 376 g/mol. The summed E-state index contributed by atoms with van der Waals surface area (Å²) < 4.78 is 5.52. The van der Waals surface area contributed by atoms with Gasteiger partial charge in [0.2, 0.25) is 0 Å². The Morgan fingerprint density at radius 1 is 1.27 bits per heavy atom. The van der Waals surface area contributed by atoms with Crippen molar-refractivity contribution < 1.29 is 19.4 Å². The molecule has 0 saturated carbocycles. The average Bonchev–Trinajstić information content (AvgIpc) is 2.95. The SMILES string of the molecule is Cc1nc(C(C)NC(=O)COc2ccc(C(C)(C)C)cc2)sc1C(=O)O. The molecule has 1 heterocycles. The van der Waals surface area contributed by atoms with Crippen LogP contribution in [-0.4, -0.2) is 28.6 Å². The van der Waals surface area contributed by atoms with Gasteiger partial charge < -0.3 is 15.2 Å². The van der Waals surface area contributed by atoms with Gasteiger partial charge in [0, 0.05) is 0 Å². The van der Waals surface area contributed by atoms with E-state index in [1.165, 1.54) is 5.56 Å². The number of nitrogens with zero attached hydrogens (tertiary/aromatic N) is 1. The fourth-order valence-corrected chi connectivity index (χ4v) is 3.25. The van der Waals surface area contributed by atoms with Crippen molar-refractivity contribution in [3.05, 3.63) is 45.4 Å². The number of aryl methyl sites for hydroxylation is 1. The van der Waals surface area contributed by atoms with E-state index in [0.29, 0.717) is 16.5 Å². The first-order valence-electron chi connectivity index (χ1n) is 8.31. The number of carboxylic acids is 1. The number of rotatable bonds is 6. The van der Waals surface area contributed by atoms with Crippen LogP contribution in [0.2, 0.25) is 0 Å². The third kappa shape index (κ3) is 5.05. The molecule has 0 spiro atoms. The number of hydrogen-bond donors (Lipinski definition) is 2. The Hall–Kier alpha value is -2.41. The minimum atomic E-state index is -1.01. The number of nitrogens with one attached hydrogen (secondary N) is 1. The van der Waals surface area contributed by atoms with Crippen LogP contribution in [0.4, 0.5) is 0 Å². The molecular weight excluding hydrogens is 352 g/mol. The molecule has 26 heavy (non-hydrogen) atoms. The van der Waals surface area contributed by atoms with E-state index in [2.05, 4.69) is 31.1 Å². The van der Waals surface area contributed by atoms with Crippen molar-refractivity contribution in [3.8, 4) is 5.75 Å². The standard InChI is InChI=1S/C19H24N2O4S/c1-11-16(18(23)24)26-17(21-11)12(2)20-15(22)10-25-14-8-6-13(7-9-14)19(3,4)5/h6-9,12H,10H2,1-5H3,(H,20,22)(H,23,24). The number of ether oxygens (including phenoxy) is 1. The summed E-state index contributed by atoms with van der Waals surface area (Å²) in [7, 11) is 0. The number of carbonyl (C=O) groups is 2. The van der Waals surface area contributed by atoms with Gasteiger partial charge in [-0.25, -0.2) is 9.78 Å². The van der Waals surface area contributed by atoms with E-state index in [0.717, 1.165) is 11.3 Å². The van der Waals surface area contributed by atoms with Crippen LogP contribution in [-0.2, 0) is 10.2 Å². The predicted molar refractivity (Wildman–Crippen MR) is 101 cm³/mol. The molecule has 0 aliphatic carbocycles. The van der Waals surface area contributed by atoms with E-state index in [-0.39, 0.29) is 28.8 Å². The van der Waals surface area contributed by atoms with E-state index in [1.54, 1.807) is 13.8 Å². The molecular formula is C19H24N2O4S. The molecule has 140 valence electrons. The molecule has 0 saturated heterocycles. The number of thiazole rings is 1. The molecule has 1 unspecified atom stereocenters. The maximum atomic E-state index is 12.1. The zero-order valence-electron chi connectivity index (χ0n) is 15.6. The highest BCUT2D eigenvalue weighted by Crippen LogP contribution is 2.25. The van der Waals surface area contributed by atoms with Crippen molar-refractivity contribution in [2.45, 2.75) is 46.1 Å². The van der Waals surface area contributed by atoms with E-state index < -0.39 is 5.97 Å². The van der Waals surface area contributed by atoms with Gasteiger partial charge in [0.25, 0.3) is 5.91 Å². The largest absolute Gasteiger partial charge is 0.484 e. The molecule has 1 aromatic heterocycles. The molecule has 2 N–H and O–H groups in total. The number of amides is 1. The van der Waals surface area contributed by atoms with Crippen LogP contribution in [0.1, 0.15) is 59.7 Å². The molecule has 0 radical (unpaired) electrons. The minimum absolute atomic E-state index is 0.0615. The second-order valence-electron chi connectivity index (χ2n) is 7.12. The van der Waals surface area contributed by atoms with Gasteiger partial charge in [-0.3, -0.25) is 4.79 Å². The Kier molecular flexibility index (Phi) is 6.02. The topological polar surface area (TPSA) is 88.5 Å². The van der Waals surface area contributed by atoms with Crippen LogP contribution in [0, 0.1) is 6.92 Å². The lowest BCUT2D eigenvalue weighted by Crippen LogP contribution is -2.31. The van der Waals surface area contributed by atoms with E-state index in [9.17, 15) is 9.59 Å². The molecule has 1 aromatic carbocycles. The normalized spacial score (nSPS) is 12.5. The van der Waals surface area contributed by atoms with Crippen LogP contribution < -0.4 is 10.1 Å². The summed E-state index contributed by atoms with van der Waals surface area (Å²) in [6, 6.07) is 7.29. The van der Waals surface area contributed by atoms with Gasteiger partial charge in [-0.15, -0.1) is 11.3 Å². The van der Waals surface area contributed by atoms with Crippen LogP contribution in [0.15, 0.2) is 24.3 Å². The van der Waals surface area contributed by atoms with Crippen molar-refractivity contribution in [3.63, 3.8) is 0 Å². The molecule has 1 amide bonds. The third-order valence-electron chi connectivity index (χ3n) is 3.85.